The summed E-state index contributed by atoms with van der Waals surface area (Å²) in [6.45, 7) is 9.29. The molecular weight excluding hydrogens is 430 g/mol. The van der Waals surface area contributed by atoms with Crippen molar-refractivity contribution in [1.29, 1.82) is 0 Å². The molecule has 180 valence electrons. The van der Waals surface area contributed by atoms with Gasteiger partial charge in [-0.3, -0.25) is 14.8 Å². The highest BCUT2D eigenvalue weighted by molar-refractivity contribution is 6.10. The molecule has 3 rings (SSSR count). The van der Waals surface area contributed by atoms with Crippen LogP contribution in [0.2, 0.25) is 0 Å². The quantitative estimate of drug-likeness (QED) is 0.375. The zero-order valence-electron chi connectivity index (χ0n) is 20.7. The van der Waals surface area contributed by atoms with Crippen LogP contribution in [0.4, 0.5) is 5.69 Å². The van der Waals surface area contributed by atoms with Gasteiger partial charge in [0.05, 0.1) is 26.5 Å². The lowest BCUT2D eigenvalue weighted by molar-refractivity contribution is 0.0977. The van der Waals surface area contributed by atoms with E-state index in [0.717, 1.165) is 35.3 Å². The van der Waals surface area contributed by atoms with E-state index >= 15 is 0 Å². The van der Waals surface area contributed by atoms with Crippen LogP contribution in [0.5, 0.6) is 11.5 Å². The lowest BCUT2D eigenvalue weighted by Crippen LogP contribution is -2.36. The molecular formula is C26H33N5O3. The van der Waals surface area contributed by atoms with Crippen LogP contribution in [0.3, 0.4) is 0 Å². The molecule has 0 unspecified atom stereocenters. The van der Waals surface area contributed by atoms with E-state index in [0.29, 0.717) is 35.3 Å². The Kier molecular flexibility index (Phi) is 8.29. The molecule has 8 nitrogen and oxygen atoms in total. The van der Waals surface area contributed by atoms with Gasteiger partial charge in [0.1, 0.15) is 11.5 Å². The van der Waals surface area contributed by atoms with Crippen LogP contribution >= 0.6 is 0 Å². The first-order valence-electron chi connectivity index (χ1n) is 11.3. The third-order valence-electron chi connectivity index (χ3n) is 5.52. The van der Waals surface area contributed by atoms with Gasteiger partial charge in [0, 0.05) is 47.8 Å². The van der Waals surface area contributed by atoms with Gasteiger partial charge in [-0.25, -0.2) is 4.99 Å². The molecule has 0 spiro atoms. The van der Waals surface area contributed by atoms with Crippen LogP contribution < -0.4 is 20.1 Å². The van der Waals surface area contributed by atoms with Crippen molar-refractivity contribution in [2.24, 2.45) is 4.99 Å². The van der Waals surface area contributed by atoms with Crippen molar-refractivity contribution in [2.45, 2.75) is 47.2 Å². The van der Waals surface area contributed by atoms with Crippen molar-refractivity contribution >= 4 is 17.6 Å². The van der Waals surface area contributed by atoms with Crippen LogP contribution in [0, 0.1) is 20.8 Å². The predicted molar refractivity (Wildman–Crippen MR) is 135 cm³/mol. The minimum atomic E-state index is -0.248. The smallest absolute Gasteiger partial charge is 0.257 e. The number of anilines is 1. The summed E-state index contributed by atoms with van der Waals surface area (Å²) in [5.74, 6) is 1.32. The van der Waals surface area contributed by atoms with Crippen molar-refractivity contribution in [2.75, 3.05) is 19.5 Å². The third-order valence-corrected chi connectivity index (χ3v) is 5.52. The SMILES string of the molecule is CCCn1cc(CN=C(NC(=O)c2ccc(C)c(C)c2)Nc2cc(OC)cc(OC)c2)c(C)n1. The number of guanidine groups is 1. The third kappa shape index (κ3) is 6.37. The van der Waals surface area contributed by atoms with Gasteiger partial charge in [-0.15, -0.1) is 0 Å². The average molecular weight is 464 g/mol. The molecule has 1 amide bonds. The number of aliphatic imine (C=N–C) groups is 1. The van der Waals surface area contributed by atoms with Gasteiger partial charge < -0.3 is 14.8 Å². The number of ether oxygens (including phenoxy) is 2. The highest BCUT2D eigenvalue weighted by Crippen LogP contribution is 2.25. The lowest BCUT2D eigenvalue weighted by atomic mass is 10.1. The maximum absolute atomic E-state index is 13.0. The lowest BCUT2D eigenvalue weighted by Gasteiger charge is -2.14. The molecule has 0 saturated carbocycles. The van der Waals surface area contributed by atoms with E-state index < -0.39 is 0 Å². The highest BCUT2D eigenvalue weighted by Gasteiger charge is 2.13. The molecule has 0 aliphatic heterocycles. The Bertz CT molecular complexity index is 1160. The molecule has 0 saturated heterocycles. The van der Waals surface area contributed by atoms with Gasteiger partial charge in [-0.2, -0.15) is 5.10 Å². The van der Waals surface area contributed by atoms with E-state index in [4.69, 9.17) is 9.47 Å². The molecule has 1 aromatic heterocycles. The second-order valence-electron chi connectivity index (χ2n) is 8.15. The molecule has 0 aliphatic carbocycles. The summed E-state index contributed by atoms with van der Waals surface area (Å²) in [5, 5.41) is 10.7. The zero-order valence-corrected chi connectivity index (χ0v) is 20.7. The second kappa shape index (κ2) is 11.4. The number of amides is 1. The number of nitrogens with one attached hydrogen (secondary N) is 2. The Morgan fingerprint density at radius 3 is 2.35 bits per heavy atom. The maximum Gasteiger partial charge on any atom is 0.257 e. The standard InChI is InChI=1S/C26H33N5O3/c1-7-10-31-16-21(19(4)30-31)15-27-26(28-22-12-23(33-5)14-24(13-22)34-6)29-25(32)20-9-8-17(2)18(3)11-20/h8-9,11-14,16H,7,10,15H2,1-6H3,(H2,27,28,29,32). The van der Waals surface area contributed by atoms with Gasteiger partial charge in [0.15, 0.2) is 0 Å². The van der Waals surface area contributed by atoms with E-state index in [9.17, 15) is 4.79 Å². The van der Waals surface area contributed by atoms with E-state index in [-0.39, 0.29) is 5.91 Å². The summed E-state index contributed by atoms with van der Waals surface area (Å²) in [6, 6.07) is 11.0. The summed E-state index contributed by atoms with van der Waals surface area (Å²) in [5.41, 5.74) is 5.33. The van der Waals surface area contributed by atoms with Crippen LogP contribution in [0.1, 0.15) is 46.1 Å². The van der Waals surface area contributed by atoms with Crippen molar-refractivity contribution in [3.05, 3.63) is 70.5 Å². The fraction of sp³-hybridized carbons (Fsp3) is 0.346. The van der Waals surface area contributed by atoms with Crippen molar-refractivity contribution in [3.8, 4) is 11.5 Å². The number of carbonyl (C=O) groups excluding carboxylic acids is 1. The van der Waals surface area contributed by atoms with Gasteiger partial charge in [0.25, 0.3) is 5.91 Å². The van der Waals surface area contributed by atoms with Crippen molar-refractivity contribution in [3.63, 3.8) is 0 Å². The van der Waals surface area contributed by atoms with E-state index in [1.54, 1.807) is 20.3 Å². The molecule has 0 bridgehead atoms. The Morgan fingerprint density at radius 1 is 1.03 bits per heavy atom. The van der Waals surface area contributed by atoms with Gasteiger partial charge in [0.2, 0.25) is 5.96 Å². The van der Waals surface area contributed by atoms with Crippen LogP contribution in [0.15, 0.2) is 47.6 Å². The zero-order chi connectivity index (χ0) is 24.7. The number of aryl methyl sites for hydroxylation is 4. The number of nitrogens with zero attached hydrogens (tertiary/aromatic N) is 3. The van der Waals surface area contributed by atoms with Crippen molar-refractivity contribution < 1.29 is 14.3 Å². The highest BCUT2D eigenvalue weighted by atomic mass is 16.5. The summed E-state index contributed by atoms with van der Waals surface area (Å²) in [7, 11) is 3.18. The monoisotopic (exact) mass is 463 g/mol. The summed E-state index contributed by atoms with van der Waals surface area (Å²) < 4.78 is 12.7. The molecule has 2 aromatic carbocycles. The van der Waals surface area contributed by atoms with Crippen molar-refractivity contribution in [1.82, 2.24) is 15.1 Å². The molecule has 1 heterocycles. The molecule has 0 fully saturated rings. The largest absolute Gasteiger partial charge is 0.497 e. The first-order valence-corrected chi connectivity index (χ1v) is 11.3. The Morgan fingerprint density at radius 2 is 1.74 bits per heavy atom. The molecule has 2 N–H and O–H groups in total. The van der Waals surface area contributed by atoms with Gasteiger partial charge in [-0.1, -0.05) is 13.0 Å². The molecule has 0 atom stereocenters. The fourth-order valence-electron chi connectivity index (χ4n) is 3.41. The number of rotatable bonds is 8. The first-order chi connectivity index (χ1) is 16.3. The number of hydrogen-bond donors (Lipinski definition) is 2. The van der Waals surface area contributed by atoms with Crippen LogP contribution in [0.25, 0.3) is 0 Å². The molecule has 0 radical (unpaired) electrons. The van der Waals surface area contributed by atoms with Gasteiger partial charge >= 0.3 is 0 Å². The van der Waals surface area contributed by atoms with E-state index in [2.05, 4.69) is 27.6 Å². The Balaban J connectivity index is 1.89. The molecule has 3 aromatic rings. The van der Waals surface area contributed by atoms with Gasteiger partial charge in [-0.05, 0) is 50.5 Å². The minimum absolute atomic E-state index is 0.248. The first kappa shape index (κ1) is 24.8. The Hall–Kier alpha value is -3.81. The topological polar surface area (TPSA) is 89.8 Å². The number of hydrogen-bond acceptors (Lipinski definition) is 5. The predicted octanol–water partition coefficient (Wildman–Crippen LogP) is 4.63. The van der Waals surface area contributed by atoms with E-state index in [1.807, 2.05) is 62.0 Å². The normalized spacial score (nSPS) is 11.3. The molecule has 8 heteroatoms. The summed E-state index contributed by atoms with van der Waals surface area (Å²) >= 11 is 0. The van der Waals surface area contributed by atoms with Crippen LogP contribution in [-0.2, 0) is 13.1 Å². The number of benzene rings is 2. The summed E-state index contributed by atoms with van der Waals surface area (Å²) in [6.07, 6.45) is 3.00. The number of methoxy groups -OCH3 is 2. The molecule has 34 heavy (non-hydrogen) atoms. The van der Waals surface area contributed by atoms with Crippen LogP contribution in [-0.4, -0.2) is 35.9 Å². The minimum Gasteiger partial charge on any atom is -0.497 e. The molecule has 0 aliphatic rings. The fourth-order valence-corrected chi connectivity index (χ4v) is 3.41. The van der Waals surface area contributed by atoms with E-state index in [1.165, 1.54) is 0 Å². The number of aromatic nitrogens is 2. The average Bonchev–Trinajstić information content (AvgIpc) is 3.17. The Labute approximate surface area is 201 Å². The second-order valence-corrected chi connectivity index (χ2v) is 8.15. The maximum atomic E-state index is 13.0. The number of carbonyl (C=O) groups is 1. The summed E-state index contributed by atoms with van der Waals surface area (Å²) in [4.78, 5) is 17.7.